The first-order valence-corrected chi connectivity index (χ1v) is 7.03. The van der Waals surface area contributed by atoms with Crippen molar-refractivity contribution in [3.05, 3.63) is 21.9 Å². The Morgan fingerprint density at radius 2 is 2.25 bits per heavy atom. The lowest BCUT2D eigenvalue weighted by atomic mass is 10.3. The fourth-order valence-corrected chi connectivity index (χ4v) is 2.98. The van der Waals surface area contributed by atoms with E-state index in [-0.39, 0.29) is 18.0 Å². The van der Waals surface area contributed by atoms with Crippen LogP contribution in [0.3, 0.4) is 0 Å². The summed E-state index contributed by atoms with van der Waals surface area (Å²) in [6.45, 7) is 3.72. The highest BCUT2D eigenvalue weighted by Crippen LogP contribution is 2.25. The Hall–Kier alpha value is -0.470. The van der Waals surface area contributed by atoms with Gasteiger partial charge in [0.05, 0.1) is 6.10 Å². The molecule has 0 bridgehead atoms. The Labute approximate surface area is 105 Å². The molecule has 0 saturated heterocycles. The molecule has 2 unspecified atom stereocenters. The van der Waals surface area contributed by atoms with Gasteiger partial charge in [-0.25, -0.2) is 0 Å². The molecule has 4 heteroatoms. The summed E-state index contributed by atoms with van der Waals surface area (Å²) in [6.07, 6.45) is -0.295. The summed E-state index contributed by atoms with van der Waals surface area (Å²) in [7, 11) is 0. The highest BCUT2D eigenvalue weighted by Gasteiger charge is 2.10. The van der Waals surface area contributed by atoms with E-state index in [1.165, 1.54) is 4.88 Å². The molecule has 0 amide bonds. The third kappa shape index (κ3) is 4.18. The van der Waals surface area contributed by atoms with Crippen molar-refractivity contribution in [2.45, 2.75) is 31.0 Å². The summed E-state index contributed by atoms with van der Waals surface area (Å²) < 4.78 is 0. The second kappa shape index (κ2) is 6.97. The number of thiophene rings is 1. The molecule has 2 N–H and O–H groups in total. The second-order valence-corrected chi connectivity index (χ2v) is 5.84. The third-order valence-electron chi connectivity index (χ3n) is 2.20. The molecule has 0 radical (unpaired) electrons. The first kappa shape index (κ1) is 13.6. The SMILES string of the molecule is CC(O)C(C)SCc1sccc1C#CCO. The molecule has 1 aromatic heterocycles. The van der Waals surface area contributed by atoms with E-state index in [9.17, 15) is 5.11 Å². The molecular weight excluding hydrogens is 240 g/mol. The Morgan fingerprint density at radius 1 is 1.50 bits per heavy atom. The van der Waals surface area contributed by atoms with Crippen molar-refractivity contribution in [2.24, 2.45) is 0 Å². The summed E-state index contributed by atoms with van der Waals surface area (Å²) in [5.41, 5.74) is 0.990. The van der Waals surface area contributed by atoms with Crippen LogP contribution in [0.1, 0.15) is 24.3 Å². The van der Waals surface area contributed by atoms with Gasteiger partial charge in [-0.3, -0.25) is 0 Å². The quantitative estimate of drug-likeness (QED) is 0.811. The number of thioether (sulfide) groups is 1. The van der Waals surface area contributed by atoms with Crippen LogP contribution in [0.2, 0.25) is 0 Å². The minimum Gasteiger partial charge on any atom is -0.392 e. The van der Waals surface area contributed by atoms with E-state index in [2.05, 4.69) is 11.8 Å². The molecule has 16 heavy (non-hydrogen) atoms. The number of aliphatic hydroxyl groups excluding tert-OH is 2. The predicted molar refractivity (Wildman–Crippen MR) is 70.7 cm³/mol. The highest BCUT2D eigenvalue weighted by atomic mass is 32.2. The maximum atomic E-state index is 9.38. The molecular formula is C12H16O2S2. The van der Waals surface area contributed by atoms with Crippen LogP contribution in [0, 0.1) is 11.8 Å². The van der Waals surface area contributed by atoms with Crippen LogP contribution in [0.15, 0.2) is 11.4 Å². The third-order valence-corrected chi connectivity index (χ3v) is 4.68. The lowest BCUT2D eigenvalue weighted by Gasteiger charge is -2.13. The zero-order valence-corrected chi connectivity index (χ0v) is 11.1. The van der Waals surface area contributed by atoms with Gasteiger partial charge in [0, 0.05) is 21.4 Å². The van der Waals surface area contributed by atoms with Gasteiger partial charge in [0.1, 0.15) is 6.61 Å². The van der Waals surface area contributed by atoms with Gasteiger partial charge in [-0.15, -0.1) is 11.3 Å². The lowest BCUT2D eigenvalue weighted by Crippen LogP contribution is -2.15. The van der Waals surface area contributed by atoms with Gasteiger partial charge < -0.3 is 10.2 Å². The summed E-state index contributed by atoms with van der Waals surface area (Å²) in [4.78, 5) is 1.21. The van der Waals surface area contributed by atoms with Crippen molar-refractivity contribution in [3.63, 3.8) is 0 Å². The molecule has 1 rings (SSSR count). The molecule has 2 atom stereocenters. The van der Waals surface area contributed by atoms with Crippen molar-refractivity contribution in [2.75, 3.05) is 6.61 Å². The predicted octanol–water partition coefficient (Wildman–Crippen LogP) is 2.09. The average molecular weight is 256 g/mol. The molecule has 0 aliphatic rings. The van der Waals surface area contributed by atoms with E-state index in [4.69, 9.17) is 5.11 Å². The van der Waals surface area contributed by atoms with E-state index in [1.807, 2.05) is 18.4 Å². The molecule has 0 fully saturated rings. The molecule has 0 saturated carbocycles. The van der Waals surface area contributed by atoms with Crippen LogP contribution in [0.25, 0.3) is 0 Å². The van der Waals surface area contributed by atoms with Gasteiger partial charge in [-0.1, -0.05) is 18.8 Å². The molecule has 2 nitrogen and oxygen atoms in total. The zero-order valence-electron chi connectivity index (χ0n) is 9.43. The van der Waals surface area contributed by atoms with Gasteiger partial charge >= 0.3 is 0 Å². The molecule has 0 aliphatic heterocycles. The van der Waals surface area contributed by atoms with E-state index in [0.29, 0.717) is 0 Å². The second-order valence-electron chi connectivity index (χ2n) is 3.47. The molecule has 88 valence electrons. The van der Waals surface area contributed by atoms with Crippen molar-refractivity contribution in [1.29, 1.82) is 0 Å². The largest absolute Gasteiger partial charge is 0.392 e. The van der Waals surface area contributed by atoms with Crippen LogP contribution >= 0.6 is 23.1 Å². The van der Waals surface area contributed by atoms with E-state index in [1.54, 1.807) is 30.0 Å². The summed E-state index contributed by atoms with van der Waals surface area (Å²) >= 11 is 3.39. The van der Waals surface area contributed by atoms with Gasteiger partial charge in [-0.05, 0) is 18.4 Å². The molecule has 1 aromatic rings. The topological polar surface area (TPSA) is 40.5 Å². The number of hydrogen-bond donors (Lipinski definition) is 2. The smallest absolute Gasteiger partial charge is 0.104 e. The van der Waals surface area contributed by atoms with Crippen LogP contribution in [0.5, 0.6) is 0 Å². The highest BCUT2D eigenvalue weighted by molar-refractivity contribution is 7.99. The van der Waals surface area contributed by atoms with E-state index >= 15 is 0 Å². The maximum absolute atomic E-state index is 9.38. The zero-order chi connectivity index (χ0) is 12.0. The monoisotopic (exact) mass is 256 g/mol. The van der Waals surface area contributed by atoms with Gasteiger partial charge in [0.2, 0.25) is 0 Å². The van der Waals surface area contributed by atoms with Crippen LogP contribution in [-0.4, -0.2) is 28.2 Å². The first-order valence-electron chi connectivity index (χ1n) is 5.11. The molecule has 1 heterocycles. The van der Waals surface area contributed by atoms with Crippen LogP contribution < -0.4 is 0 Å². The van der Waals surface area contributed by atoms with E-state index in [0.717, 1.165) is 11.3 Å². The Kier molecular flexibility index (Phi) is 5.93. The number of aliphatic hydroxyl groups is 2. The fourth-order valence-electron chi connectivity index (χ4n) is 1.04. The standard InChI is InChI=1S/C12H16O2S2/c1-9(14)10(2)16-8-12-11(4-3-6-13)5-7-15-12/h5,7,9-10,13-14H,6,8H2,1-2H3. The van der Waals surface area contributed by atoms with Crippen molar-refractivity contribution in [1.82, 2.24) is 0 Å². The van der Waals surface area contributed by atoms with Gasteiger partial charge in [0.25, 0.3) is 0 Å². The lowest BCUT2D eigenvalue weighted by molar-refractivity contribution is 0.196. The summed E-state index contributed by atoms with van der Waals surface area (Å²) in [6, 6.07) is 1.97. The van der Waals surface area contributed by atoms with Gasteiger partial charge in [0.15, 0.2) is 0 Å². The number of rotatable bonds is 4. The molecule has 0 spiro atoms. The van der Waals surface area contributed by atoms with Crippen LogP contribution in [0.4, 0.5) is 0 Å². The Bertz CT molecular complexity index is 374. The minimum absolute atomic E-state index is 0.105. The van der Waals surface area contributed by atoms with Crippen molar-refractivity contribution >= 4 is 23.1 Å². The summed E-state index contributed by atoms with van der Waals surface area (Å²) in [5.74, 6) is 6.45. The molecule has 0 aliphatic carbocycles. The minimum atomic E-state index is -0.295. The van der Waals surface area contributed by atoms with Crippen molar-refractivity contribution in [3.8, 4) is 11.8 Å². The Morgan fingerprint density at radius 3 is 2.88 bits per heavy atom. The summed E-state index contributed by atoms with van der Waals surface area (Å²) in [5, 5.41) is 20.2. The number of hydrogen-bond acceptors (Lipinski definition) is 4. The van der Waals surface area contributed by atoms with Crippen molar-refractivity contribution < 1.29 is 10.2 Å². The molecule has 0 aromatic carbocycles. The van der Waals surface area contributed by atoms with Crippen LogP contribution in [-0.2, 0) is 5.75 Å². The first-order chi connectivity index (χ1) is 7.65. The Balaban J connectivity index is 2.57. The maximum Gasteiger partial charge on any atom is 0.104 e. The normalized spacial score (nSPS) is 14.0. The fraction of sp³-hybridized carbons (Fsp3) is 0.500. The average Bonchev–Trinajstić information content (AvgIpc) is 2.70. The van der Waals surface area contributed by atoms with E-state index < -0.39 is 0 Å². The van der Waals surface area contributed by atoms with Gasteiger partial charge in [-0.2, -0.15) is 11.8 Å².